The van der Waals surface area contributed by atoms with Crippen molar-refractivity contribution in [2.24, 2.45) is 0 Å². The normalized spacial score (nSPS) is 10.6. The average Bonchev–Trinajstić information content (AvgIpc) is 3.15. The van der Waals surface area contributed by atoms with E-state index in [0.29, 0.717) is 5.56 Å². The Hall–Kier alpha value is -2.72. The van der Waals surface area contributed by atoms with Gasteiger partial charge in [-0.05, 0) is 36.4 Å². The van der Waals surface area contributed by atoms with Gasteiger partial charge in [0.2, 0.25) is 5.89 Å². The van der Waals surface area contributed by atoms with Crippen LogP contribution in [-0.4, -0.2) is 26.8 Å². The Morgan fingerprint density at radius 2 is 1.85 bits per heavy atom. The lowest BCUT2D eigenvalue weighted by Gasteiger charge is -2.02. The van der Waals surface area contributed by atoms with Crippen LogP contribution in [0.3, 0.4) is 0 Å². The zero-order chi connectivity index (χ0) is 19.2. The van der Waals surface area contributed by atoms with Gasteiger partial charge in [0.25, 0.3) is 11.6 Å². The van der Waals surface area contributed by atoms with Crippen molar-refractivity contribution in [3.05, 3.63) is 69.0 Å². The molecule has 3 aromatic rings. The lowest BCUT2D eigenvalue weighted by Crippen LogP contribution is -2.07. The first-order valence-corrected chi connectivity index (χ1v) is 9.40. The predicted octanol–water partition coefficient (Wildman–Crippen LogP) is 4.24. The van der Waals surface area contributed by atoms with E-state index in [1.54, 1.807) is 0 Å². The zero-order valence-electron chi connectivity index (χ0n) is 13.7. The summed E-state index contributed by atoms with van der Waals surface area (Å²) in [7, 11) is 0. The van der Waals surface area contributed by atoms with Crippen molar-refractivity contribution in [2.45, 2.75) is 11.5 Å². The molecule has 0 aliphatic carbocycles. The number of carbonyl (C=O) groups is 1. The van der Waals surface area contributed by atoms with Crippen LogP contribution >= 0.6 is 27.7 Å². The van der Waals surface area contributed by atoms with Crippen molar-refractivity contribution < 1.29 is 18.9 Å². The van der Waals surface area contributed by atoms with Crippen molar-refractivity contribution in [3.63, 3.8) is 0 Å². The largest absolute Gasteiger partial charge is 0.455 e. The second-order valence-corrected chi connectivity index (χ2v) is 7.17. The number of halogens is 1. The summed E-state index contributed by atoms with van der Waals surface area (Å²) in [5.74, 6) is 0.0915. The van der Waals surface area contributed by atoms with Crippen LogP contribution in [0.1, 0.15) is 5.89 Å². The first kappa shape index (κ1) is 19.1. The summed E-state index contributed by atoms with van der Waals surface area (Å²) in [6.07, 6.45) is 0. The summed E-state index contributed by atoms with van der Waals surface area (Å²) >= 11 is 4.71. The van der Waals surface area contributed by atoms with Crippen LogP contribution in [0, 0.1) is 10.1 Å². The van der Waals surface area contributed by atoms with E-state index in [4.69, 9.17) is 9.15 Å². The Kier molecular flexibility index (Phi) is 6.20. The van der Waals surface area contributed by atoms with Gasteiger partial charge >= 0.3 is 5.97 Å². The van der Waals surface area contributed by atoms with Crippen molar-refractivity contribution >= 4 is 39.3 Å². The molecule has 0 bridgehead atoms. The molecule has 2 aromatic carbocycles. The molecule has 1 heterocycles. The molecule has 3 rings (SSSR count). The van der Waals surface area contributed by atoms with Crippen LogP contribution in [0.2, 0.25) is 0 Å². The minimum atomic E-state index is -0.491. The highest BCUT2D eigenvalue weighted by atomic mass is 79.9. The second kappa shape index (κ2) is 8.78. The number of carbonyl (C=O) groups excluding carboxylic acids is 1. The first-order chi connectivity index (χ1) is 13.0. The molecule has 0 aliphatic heterocycles. The maximum absolute atomic E-state index is 11.8. The van der Waals surface area contributed by atoms with Gasteiger partial charge in [0.05, 0.1) is 10.7 Å². The molecule has 138 valence electrons. The van der Waals surface area contributed by atoms with Crippen LogP contribution in [0.4, 0.5) is 5.69 Å². The smallest absolute Gasteiger partial charge is 0.316 e. The molecular weight excluding hydrogens is 438 g/mol. The molecule has 10 heteroatoms. The highest BCUT2D eigenvalue weighted by Gasteiger charge is 2.13. The summed E-state index contributed by atoms with van der Waals surface area (Å²) in [6, 6.07) is 13.3. The van der Waals surface area contributed by atoms with Crippen LogP contribution in [0.25, 0.3) is 11.5 Å². The lowest BCUT2D eigenvalue weighted by molar-refractivity contribution is -0.384. The number of thioether (sulfide) groups is 1. The Balaban J connectivity index is 1.50. The summed E-state index contributed by atoms with van der Waals surface area (Å²) in [6.45, 7) is -0.139. The monoisotopic (exact) mass is 449 g/mol. The van der Waals surface area contributed by atoms with E-state index in [1.807, 2.05) is 24.3 Å². The summed E-state index contributed by atoms with van der Waals surface area (Å²) in [5.41, 5.74) is 0.507. The first-order valence-electron chi connectivity index (χ1n) is 7.62. The van der Waals surface area contributed by atoms with Crippen LogP contribution in [0.5, 0.6) is 0 Å². The maximum Gasteiger partial charge on any atom is 0.316 e. The van der Waals surface area contributed by atoms with E-state index in [2.05, 4.69) is 26.1 Å². The fourth-order valence-corrected chi connectivity index (χ4v) is 2.97. The number of rotatable bonds is 7. The van der Waals surface area contributed by atoms with Crippen molar-refractivity contribution in [1.29, 1.82) is 0 Å². The molecule has 0 saturated carbocycles. The van der Waals surface area contributed by atoms with Gasteiger partial charge in [-0.3, -0.25) is 14.9 Å². The molecule has 0 aliphatic rings. The molecule has 0 fully saturated rings. The van der Waals surface area contributed by atoms with Crippen LogP contribution < -0.4 is 0 Å². The topological polar surface area (TPSA) is 108 Å². The minimum Gasteiger partial charge on any atom is -0.455 e. The third-order valence-electron chi connectivity index (χ3n) is 3.32. The second-order valence-electron chi connectivity index (χ2n) is 5.21. The molecule has 0 amide bonds. The maximum atomic E-state index is 11.8. The van der Waals surface area contributed by atoms with E-state index in [-0.39, 0.29) is 29.8 Å². The van der Waals surface area contributed by atoms with Gasteiger partial charge in [0.1, 0.15) is 0 Å². The number of nitro benzene ring substituents is 1. The molecule has 0 spiro atoms. The number of nitro groups is 1. The number of ether oxygens (including phenoxy) is 1. The van der Waals surface area contributed by atoms with Gasteiger partial charge in [-0.15, -0.1) is 22.0 Å². The molecular formula is C17H12BrN3O5S. The highest BCUT2D eigenvalue weighted by Crippen LogP contribution is 2.22. The number of benzene rings is 2. The Labute approximate surface area is 166 Å². The van der Waals surface area contributed by atoms with E-state index in [9.17, 15) is 14.9 Å². The van der Waals surface area contributed by atoms with Crippen molar-refractivity contribution in [3.8, 4) is 11.5 Å². The fourth-order valence-electron chi connectivity index (χ4n) is 2.01. The Morgan fingerprint density at radius 1 is 1.15 bits per heavy atom. The highest BCUT2D eigenvalue weighted by molar-refractivity contribution is 9.10. The predicted molar refractivity (Wildman–Crippen MR) is 101 cm³/mol. The molecule has 0 atom stereocenters. The SMILES string of the molecule is O=C(CSc1ccc(Br)cc1)OCc1nnc(-c2ccc([N+](=O)[O-])cc2)o1. The molecule has 0 radical (unpaired) electrons. The van der Waals surface area contributed by atoms with Crippen LogP contribution in [0.15, 0.2) is 62.3 Å². The third-order valence-corrected chi connectivity index (χ3v) is 4.83. The number of nitrogens with zero attached hydrogens (tertiary/aromatic N) is 3. The number of hydrogen-bond donors (Lipinski definition) is 0. The van der Waals surface area contributed by atoms with Gasteiger partial charge in [-0.2, -0.15) is 0 Å². The summed E-state index contributed by atoms with van der Waals surface area (Å²) in [4.78, 5) is 23.0. The lowest BCUT2D eigenvalue weighted by atomic mass is 10.2. The standard InChI is InChI=1S/C17H12BrN3O5S/c18-12-3-7-14(8-4-12)27-10-16(22)25-9-15-19-20-17(26-15)11-1-5-13(6-2-11)21(23)24/h1-8H,9-10H2. The average molecular weight is 450 g/mol. The van der Waals surface area contributed by atoms with Gasteiger partial charge in [-0.25, -0.2) is 0 Å². The van der Waals surface area contributed by atoms with E-state index < -0.39 is 10.9 Å². The number of hydrogen-bond acceptors (Lipinski definition) is 8. The van der Waals surface area contributed by atoms with E-state index in [1.165, 1.54) is 36.0 Å². The molecule has 27 heavy (non-hydrogen) atoms. The summed E-state index contributed by atoms with van der Waals surface area (Å²) in [5, 5.41) is 18.3. The molecule has 0 unspecified atom stereocenters. The Bertz CT molecular complexity index is 944. The Morgan fingerprint density at radius 3 is 2.52 bits per heavy atom. The fraction of sp³-hybridized carbons (Fsp3) is 0.118. The van der Waals surface area contributed by atoms with Gasteiger partial charge in [0, 0.05) is 27.1 Å². The van der Waals surface area contributed by atoms with Gasteiger partial charge in [-0.1, -0.05) is 15.9 Å². The van der Waals surface area contributed by atoms with E-state index >= 15 is 0 Å². The van der Waals surface area contributed by atoms with E-state index in [0.717, 1.165) is 9.37 Å². The minimum absolute atomic E-state index is 0.0318. The van der Waals surface area contributed by atoms with Crippen molar-refractivity contribution in [2.75, 3.05) is 5.75 Å². The van der Waals surface area contributed by atoms with Crippen molar-refractivity contribution in [1.82, 2.24) is 10.2 Å². The number of esters is 1. The van der Waals surface area contributed by atoms with Crippen LogP contribution in [-0.2, 0) is 16.1 Å². The molecule has 8 nitrogen and oxygen atoms in total. The van der Waals surface area contributed by atoms with Gasteiger partial charge in [0.15, 0.2) is 6.61 Å². The summed E-state index contributed by atoms with van der Waals surface area (Å²) < 4.78 is 11.5. The molecule has 1 aromatic heterocycles. The number of aromatic nitrogens is 2. The van der Waals surface area contributed by atoms with Gasteiger partial charge < -0.3 is 9.15 Å². The molecule has 0 N–H and O–H groups in total. The zero-order valence-corrected chi connectivity index (χ0v) is 16.1. The molecule has 0 saturated heterocycles. The number of non-ortho nitro benzene ring substituents is 1. The third kappa shape index (κ3) is 5.38. The quantitative estimate of drug-likeness (QED) is 0.228.